The van der Waals surface area contributed by atoms with Crippen molar-refractivity contribution in [2.45, 2.75) is 37.8 Å². The number of hydrogen-bond donors (Lipinski definition) is 1. The lowest BCUT2D eigenvalue weighted by molar-refractivity contribution is -0.273. The Balaban J connectivity index is 1.87. The summed E-state index contributed by atoms with van der Waals surface area (Å²) in [5.74, 6) is 5.19. The normalized spacial score (nSPS) is 24.4. The molecule has 1 saturated carbocycles. The number of benzene rings is 2. The second kappa shape index (κ2) is 6.47. The van der Waals surface area contributed by atoms with Crippen LogP contribution in [0, 0.1) is 24.7 Å². The molecule has 0 aromatic heterocycles. The second-order valence-electron chi connectivity index (χ2n) is 6.97. The molecular formula is C21H17ClF3NO. The van der Waals surface area contributed by atoms with Crippen LogP contribution in [0.25, 0.3) is 0 Å². The van der Waals surface area contributed by atoms with Gasteiger partial charge in [0.2, 0.25) is 0 Å². The molecule has 0 bridgehead atoms. The van der Waals surface area contributed by atoms with Crippen molar-refractivity contribution in [1.82, 2.24) is 0 Å². The van der Waals surface area contributed by atoms with Crippen molar-refractivity contribution in [3.63, 3.8) is 0 Å². The van der Waals surface area contributed by atoms with Crippen LogP contribution in [0.3, 0.4) is 0 Å². The van der Waals surface area contributed by atoms with Crippen LogP contribution in [0.2, 0.25) is 5.02 Å². The van der Waals surface area contributed by atoms with E-state index in [2.05, 4.69) is 17.2 Å². The zero-order valence-electron chi connectivity index (χ0n) is 14.5. The molecule has 1 aliphatic heterocycles. The molecule has 1 fully saturated rings. The van der Waals surface area contributed by atoms with Crippen molar-refractivity contribution in [1.29, 1.82) is 0 Å². The van der Waals surface area contributed by atoms with Gasteiger partial charge < -0.3 is 10.1 Å². The van der Waals surface area contributed by atoms with Gasteiger partial charge in [-0.3, -0.25) is 0 Å². The molecule has 1 aliphatic carbocycles. The number of ether oxygens (including phenoxy) is 1. The first kappa shape index (κ1) is 18.2. The minimum Gasteiger partial charge on any atom is -0.356 e. The summed E-state index contributed by atoms with van der Waals surface area (Å²) in [5.41, 5.74) is -0.894. The van der Waals surface area contributed by atoms with Crippen molar-refractivity contribution in [3.05, 3.63) is 64.2 Å². The summed E-state index contributed by atoms with van der Waals surface area (Å²) in [4.78, 5) is 0. The predicted molar refractivity (Wildman–Crippen MR) is 98.3 cm³/mol. The van der Waals surface area contributed by atoms with E-state index in [1.165, 1.54) is 6.07 Å². The van der Waals surface area contributed by atoms with Crippen molar-refractivity contribution in [3.8, 4) is 11.8 Å². The molecule has 2 aromatic rings. The Bertz CT molecular complexity index is 925. The van der Waals surface area contributed by atoms with Crippen LogP contribution < -0.4 is 5.32 Å². The van der Waals surface area contributed by atoms with Crippen molar-refractivity contribution < 1.29 is 17.9 Å². The van der Waals surface area contributed by atoms with Gasteiger partial charge in [-0.15, -0.1) is 0 Å². The third-order valence-corrected chi connectivity index (χ3v) is 4.99. The fourth-order valence-electron chi connectivity index (χ4n) is 3.06. The molecule has 1 N–H and O–H groups in total. The summed E-state index contributed by atoms with van der Waals surface area (Å²) >= 11 is 6.00. The predicted octanol–water partition coefficient (Wildman–Crippen LogP) is 5.96. The van der Waals surface area contributed by atoms with E-state index in [0.717, 1.165) is 18.4 Å². The number of rotatable bonds is 1. The van der Waals surface area contributed by atoms with Gasteiger partial charge in [-0.2, -0.15) is 13.2 Å². The largest absolute Gasteiger partial charge is 0.433 e. The average molecular weight is 392 g/mol. The standard InChI is InChI=1S/C21H17ClF3NO/c1-13-2-6-15(7-3-13)19-26-18-9-8-16(22)12-17(18)20(27-19,21(23,24)25)11-10-14-4-5-14/h2-3,6-9,12,14,19,26H,4-5H2,1H3/t19?,20-/m0/s1. The average Bonchev–Trinajstić information content (AvgIpc) is 3.44. The highest BCUT2D eigenvalue weighted by molar-refractivity contribution is 6.30. The van der Waals surface area contributed by atoms with E-state index in [4.69, 9.17) is 16.3 Å². The molecule has 2 nitrogen and oxygen atoms in total. The highest BCUT2D eigenvalue weighted by atomic mass is 35.5. The van der Waals surface area contributed by atoms with Crippen LogP contribution in [0.15, 0.2) is 42.5 Å². The zero-order chi connectivity index (χ0) is 19.2. The molecule has 27 heavy (non-hydrogen) atoms. The van der Waals surface area contributed by atoms with Gasteiger partial charge in [0.25, 0.3) is 5.60 Å². The van der Waals surface area contributed by atoms with Gasteiger partial charge in [0.05, 0.1) is 0 Å². The summed E-state index contributed by atoms with van der Waals surface area (Å²) < 4.78 is 48.7. The SMILES string of the molecule is Cc1ccc(C2Nc3ccc(Cl)cc3[C@@](C#CC3CC3)(C(F)(F)F)O2)cc1. The van der Waals surface area contributed by atoms with Gasteiger partial charge in [0, 0.05) is 27.8 Å². The third-order valence-electron chi connectivity index (χ3n) is 4.75. The van der Waals surface area contributed by atoms with E-state index >= 15 is 0 Å². The highest BCUT2D eigenvalue weighted by Gasteiger charge is 2.61. The molecule has 140 valence electrons. The van der Waals surface area contributed by atoms with Crippen LogP contribution in [-0.4, -0.2) is 6.18 Å². The maximum atomic E-state index is 14.3. The lowest BCUT2D eigenvalue weighted by atomic mass is 9.89. The van der Waals surface area contributed by atoms with E-state index < -0.39 is 18.0 Å². The second-order valence-corrected chi connectivity index (χ2v) is 7.40. The van der Waals surface area contributed by atoms with Crippen molar-refractivity contribution in [2.24, 2.45) is 5.92 Å². The van der Waals surface area contributed by atoms with Gasteiger partial charge >= 0.3 is 6.18 Å². The van der Waals surface area contributed by atoms with Crippen LogP contribution in [0.4, 0.5) is 18.9 Å². The topological polar surface area (TPSA) is 21.3 Å². The molecule has 4 rings (SSSR count). The Morgan fingerprint density at radius 1 is 1.15 bits per heavy atom. The Labute approximate surface area is 160 Å². The lowest BCUT2D eigenvalue weighted by Crippen LogP contribution is -2.48. The summed E-state index contributed by atoms with van der Waals surface area (Å²) in [6, 6.07) is 11.6. The number of nitrogens with one attached hydrogen (secondary N) is 1. The van der Waals surface area contributed by atoms with Crippen LogP contribution in [0.5, 0.6) is 0 Å². The fraction of sp³-hybridized carbons (Fsp3) is 0.333. The smallest absolute Gasteiger partial charge is 0.356 e. The Kier molecular flexibility index (Phi) is 4.37. The molecule has 2 atom stereocenters. The minimum atomic E-state index is -4.72. The number of hydrogen-bond acceptors (Lipinski definition) is 2. The molecule has 1 heterocycles. The van der Waals surface area contributed by atoms with E-state index in [1.54, 1.807) is 24.3 Å². The van der Waals surface area contributed by atoms with Gasteiger partial charge in [0.15, 0.2) is 6.23 Å². The number of anilines is 1. The maximum absolute atomic E-state index is 14.3. The van der Waals surface area contributed by atoms with Gasteiger partial charge in [0.1, 0.15) is 0 Å². The van der Waals surface area contributed by atoms with Crippen molar-refractivity contribution >= 4 is 17.3 Å². The summed E-state index contributed by atoms with van der Waals surface area (Å²) in [6.07, 6.45) is -4.06. The highest BCUT2D eigenvalue weighted by Crippen LogP contribution is 2.51. The zero-order valence-corrected chi connectivity index (χ0v) is 15.3. The summed E-state index contributed by atoms with van der Waals surface area (Å²) in [7, 11) is 0. The summed E-state index contributed by atoms with van der Waals surface area (Å²) in [5, 5.41) is 3.24. The van der Waals surface area contributed by atoms with Crippen molar-refractivity contribution in [2.75, 3.05) is 5.32 Å². The molecule has 0 amide bonds. The molecule has 6 heteroatoms. The molecule has 2 aromatic carbocycles. The number of fused-ring (bicyclic) bond motifs is 1. The Morgan fingerprint density at radius 2 is 1.85 bits per heavy atom. The van der Waals surface area contributed by atoms with E-state index in [-0.39, 0.29) is 16.5 Å². The number of aryl methyl sites for hydroxylation is 1. The van der Waals surface area contributed by atoms with Crippen LogP contribution in [-0.2, 0) is 10.3 Å². The van der Waals surface area contributed by atoms with Crippen LogP contribution >= 0.6 is 11.6 Å². The van der Waals surface area contributed by atoms with E-state index in [1.807, 2.05) is 19.1 Å². The molecular weight excluding hydrogens is 375 g/mol. The number of alkyl halides is 3. The Morgan fingerprint density at radius 3 is 2.48 bits per heavy atom. The first-order valence-electron chi connectivity index (χ1n) is 8.69. The van der Waals surface area contributed by atoms with Gasteiger partial charge in [-0.25, -0.2) is 0 Å². The first-order valence-corrected chi connectivity index (χ1v) is 9.07. The van der Waals surface area contributed by atoms with Gasteiger partial charge in [-0.05, 0) is 38.0 Å². The van der Waals surface area contributed by atoms with Gasteiger partial charge in [-0.1, -0.05) is 53.3 Å². The monoisotopic (exact) mass is 391 g/mol. The Hall–Kier alpha value is -2.16. The molecule has 0 radical (unpaired) electrons. The molecule has 0 saturated heterocycles. The molecule has 0 spiro atoms. The molecule has 2 aliphatic rings. The first-order chi connectivity index (χ1) is 12.8. The van der Waals surface area contributed by atoms with E-state index in [0.29, 0.717) is 11.3 Å². The fourth-order valence-corrected chi connectivity index (χ4v) is 3.23. The minimum absolute atomic E-state index is 0.00293. The van der Waals surface area contributed by atoms with Crippen LogP contribution in [0.1, 0.15) is 35.8 Å². The number of halogens is 4. The maximum Gasteiger partial charge on any atom is 0.433 e. The summed E-state index contributed by atoms with van der Waals surface area (Å²) in [6.45, 7) is 1.91. The molecule has 1 unspecified atom stereocenters. The van der Waals surface area contributed by atoms with E-state index in [9.17, 15) is 13.2 Å². The quantitative estimate of drug-likeness (QED) is 0.605. The third kappa shape index (κ3) is 3.40. The lowest BCUT2D eigenvalue weighted by Gasteiger charge is -2.41.